The third-order valence-electron chi connectivity index (χ3n) is 6.77. The summed E-state index contributed by atoms with van der Waals surface area (Å²) in [5.41, 5.74) is 7.74. The SMILES string of the molecule is CC(=O)N1c2ccccc2NC2=C(C(=O)C[C@@H](c3ccc(C)cc3)C2)[C@H]1c1ccc(C)cc1. The Bertz CT molecular complexity index is 1260. The third kappa shape index (κ3) is 3.86. The number of Topliss-reactive ketones (excluding diaryl/α,β-unsaturated/α-hetero) is 1. The van der Waals surface area contributed by atoms with Crippen LogP contribution < -0.4 is 10.2 Å². The van der Waals surface area contributed by atoms with Crippen LogP contribution in [0.1, 0.15) is 54.0 Å². The van der Waals surface area contributed by atoms with Crippen LogP contribution in [0.25, 0.3) is 0 Å². The number of para-hydroxylation sites is 2. The number of nitrogens with one attached hydrogen (secondary N) is 1. The zero-order valence-corrected chi connectivity index (χ0v) is 19.3. The van der Waals surface area contributed by atoms with E-state index in [0.717, 1.165) is 34.6 Å². The Morgan fingerprint density at radius 2 is 1.45 bits per heavy atom. The van der Waals surface area contributed by atoms with E-state index in [9.17, 15) is 9.59 Å². The molecule has 0 bridgehead atoms. The quantitative estimate of drug-likeness (QED) is 0.518. The predicted octanol–water partition coefficient (Wildman–Crippen LogP) is 6.22. The first-order chi connectivity index (χ1) is 15.9. The maximum absolute atomic E-state index is 13.8. The van der Waals surface area contributed by atoms with Crippen LogP contribution in [0.3, 0.4) is 0 Å². The van der Waals surface area contributed by atoms with Gasteiger partial charge in [-0.25, -0.2) is 0 Å². The number of carbonyl (C=O) groups is 2. The lowest BCUT2D eigenvalue weighted by Gasteiger charge is -2.34. The second-order valence-electron chi connectivity index (χ2n) is 9.18. The standard InChI is InChI=1S/C29H28N2O2/c1-18-8-12-21(13-9-18)23-16-25-28(27(33)17-23)29(22-14-10-19(2)11-15-22)31(20(3)32)26-7-5-4-6-24(26)30-25/h4-15,23,29-30H,16-17H2,1-3H3/t23-,29+/m0/s1. The lowest BCUT2D eigenvalue weighted by Crippen LogP contribution is -2.37. The number of amides is 1. The van der Waals surface area contributed by atoms with Crippen molar-refractivity contribution in [2.75, 3.05) is 10.2 Å². The van der Waals surface area contributed by atoms with E-state index in [4.69, 9.17) is 0 Å². The Morgan fingerprint density at radius 1 is 0.848 bits per heavy atom. The number of fused-ring (bicyclic) bond motifs is 1. The summed E-state index contributed by atoms with van der Waals surface area (Å²) in [6.07, 6.45) is 1.17. The third-order valence-corrected chi connectivity index (χ3v) is 6.77. The molecule has 0 unspecified atom stereocenters. The van der Waals surface area contributed by atoms with Crippen LogP contribution in [0.5, 0.6) is 0 Å². The largest absolute Gasteiger partial charge is 0.357 e. The first-order valence-electron chi connectivity index (χ1n) is 11.5. The van der Waals surface area contributed by atoms with Gasteiger partial charge >= 0.3 is 0 Å². The van der Waals surface area contributed by atoms with E-state index in [-0.39, 0.29) is 17.6 Å². The molecule has 1 aliphatic heterocycles. The van der Waals surface area contributed by atoms with Crippen molar-refractivity contribution < 1.29 is 9.59 Å². The van der Waals surface area contributed by atoms with Gasteiger partial charge in [0.1, 0.15) is 0 Å². The summed E-state index contributed by atoms with van der Waals surface area (Å²) >= 11 is 0. The van der Waals surface area contributed by atoms with Gasteiger partial charge in [-0.2, -0.15) is 0 Å². The fourth-order valence-electron chi connectivity index (χ4n) is 5.08. The lowest BCUT2D eigenvalue weighted by atomic mass is 9.78. The normalized spacial score (nSPS) is 20.0. The van der Waals surface area contributed by atoms with Crippen LogP contribution in [0.2, 0.25) is 0 Å². The Labute approximate surface area is 194 Å². The van der Waals surface area contributed by atoms with Gasteiger partial charge < -0.3 is 5.32 Å². The Hall–Kier alpha value is -3.66. The van der Waals surface area contributed by atoms with Crippen molar-refractivity contribution in [1.82, 2.24) is 0 Å². The molecular formula is C29H28N2O2. The molecule has 3 aromatic rings. The molecule has 33 heavy (non-hydrogen) atoms. The number of carbonyl (C=O) groups excluding carboxylic acids is 2. The van der Waals surface area contributed by atoms with Crippen molar-refractivity contribution in [1.29, 1.82) is 0 Å². The average Bonchev–Trinajstić information content (AvgIpc) is 2.94. The van der Waals surface area contributed by atoms with E-state index >= 15 is 0 Å². The van der Waals surface area contributed by atoms with E-state index in [2.05, 4.69) is 36.5 Å². The number of aryl methyl sites for hydroxylation is 2. The van der Waals surface area contributed by atoms with Gasteiger partial charge in [0.25, 0.3) is 0 Å². The highest BCUT2D eigenvalue weighted by Gasteiger charge is 2.40. The van der Waals surface area contributed by atoms with Crippen molar-refractivity contribution >= 4 is 23.1 Å². The van der Waals surface area contributed by atoms with Gasteiger partial charge in [0.2, 0.25) is 5.91 Å². The number of hydrogen-bond acceptors (Lipinski definition) is 3. The van der Waals surface area contributed by atoms with Crippen LogP contribution >= 0.6 is 0 Å². The molecule has 2 aliphatic rings. The lowest BCUT2D eigenvalue weighted by molar-refractivity contribution is -0.117. The highest BCUT2D eigenvalue weighted by Crippen LogP contribution is 2.47. The number of benzene rings is 3. The molecule has 0 fully saturated rings. The maximum atomic E-state index is 13.8. The molecule has 0 aromatic heterocycles. The molecular weight excluding hydrogens is 408 g/mol. The molecule has 0 radical (unpaired) electrons. The molecule has 3 aromatic carbocycles. The second-order valence-corrected chi connectivity index (χ2v) is 9.18. The van der Waals surface area contributed by atoms with E-state index in [0.29, 0.717) is 12.0 Å². The van der Waals surface area contributed by atoms with E-state index in [1.54, 1.807) is 11.8 Å². The molecule has 1 amide bonds. The first-order valence-corrected chi connectivity index (χ1v) is 11.5. The van der Waals surface area contributed by atoms with Crippen LogP contribution in [0.15, 0.2) is 84.1 Å². The molecule has 1 heterocycles. The zero-order valence-electron chi connectivity index (χ0n) is 19.3. The summed E-state index contributed by atoms with van der Waals surface area (Å²) in [5.74, 6) is 0.120. The van der Waals surface area contributed by atoms with Crippen molar-refractivity contribution in [3.63, 3.8) is 0 Å². The van der Waals surface area contributed by atoms with Gasteiger partial charge in [-0.1, -0.05) is 71.8 Å². The summed E-state index contributed by atoms with van der Waals surface area (Å²) in [6.45, 7) is 5.69. The smallest absolute Gasteiger partial charge is 0.224 e. The number of nitrogens with zero attached hydrogens (tertiary/aromatic N) is 1. The van der Waals surface area contributed by atoms with Crippen molar-refractivity contribution in [3.05, 3.63) is 106 Å². The first kappa shape index (κ1) is 21.2. The van der Waals surface area contributed by atoms with Gasteiger partial charge in [-0.3, -0.25) is 14.5 Å². The molecule has 1 N–H and O–H groups in total. The fraction of sp³-hybridized carbons (Fsp3) is 0.241. The number of ketones is 1. The van der Waals surface area contributed by atoms with Gasteiger partial charge in [-0.15, -0.1) is 0 Å². The van der Waals surface area contributed by atoms with Crippen molar-refractivity contribution in [2.24, 2.45) is 0 Å². The molecule has 0 saturated carbocycles. The van der Waals surface area contributed by atoms with E-state index < -0.39 is 6.04 Å². The van der Waals surface area contributed by atoms with Crippen molar-refractivity contribution in [3.8, 4) is 0 Å². The molecule has 4 heteroatoms. The number of allylic oxidation sites excluding steroid dienone is 1. The number of rotatable bonds is 2. The molecule has 166 valence electrons. The summed E-state index contributed by atoms with van der Waals surface area (Å²) in [5, 5.41) is 3.56. The number of hydrogen-bond donors (Lipinski definition) is 1. The van der Waals surface area contributed by atoms with E-state index in [1.165, 1.54) is 11.1 Å². The highest BCUT2D eigenvalue weighted by molar-refractivity contribution is 6.06. The fourth-order valence-corrected chi connectivity index (χ4v) is 5.08. The van der Waals surface area contributed by atoms with Crippen LogP contribution in [-0.2, 0) is 9.59 Å². The monoisotopic (exact) mass is 436 g/mol. The van der Waals surface area contributed by atoms with Crippen LogP contribution in [0, 0.1) is 13.8 Å². The summed E-state index contributed by atoms with van der Waals surface area (Å²) in [6, 6.07) is 24.0. The minimum Gasteiger partial charge on any atom is -0.357 e. The van der Waals surface area contributed by atoms with Crippen LogP contribution in [0.4, 0.5) is 11.4 Å². The second kappa shape index (κ2) is 8.36. The summed E-state index contributed by atoms with van der Waals surface area (Å²) in [7, 11) is 0. The number of anilines is 2. The van der Waals surface area contributed by atoms with Crippen molar-refractivity contribution in [2.45, 2.75) is 45.6 Å². The van der Waals surface area contributed by atoms with Gasteiger partial charge in [0.05, 0.1) is 17.4 Å². The zero-order chi connectivity index (χ0) is 23.1. The van der Waals surface area contributed by atoms with Gasteiger partial charge in [0.15, 0.2) is 5.78 Å². The molecule has 2 atom stereocenters. The molecule has 5 rings (SSSR count). The Balaban J connectivity index is 1.69. The van der Waals surface area contributed by atoms with Crippen LogP contribution in [-0.4, -0.2) is 11.7 Å². The Morgan fingerprint density at radius 3 is 2.09 bits per heavy atom. The molecule has 0 saturated heterocycles. The predicted molar refractivity (Wildman–Crippen MR) is 132 cm³/mol. The minimum absolute atomic E-state index is 0.0861. The summed E-state index contributed by atoms with van der Waals surface area (Å²) < 4.78 is 0. The maximum Gasteiger partial charge on any atom is 0.224 e. The molecule has 1 aliphatic carbocycles. The minimum atomic E-state index is -0.458. The molecule has 0 spiro atoms. The highest BCUT2D eigenvalue weighted by atomic mass is 16.2. The molecule has 4 nitrogen and oxygen atoms in total. The topological polar surface area (TPSA) is 49.4 Å². The average molecular weight is 437 g/mol. The van der Waals surface area contributed by atoms with Gasteiger partial charge in [-0.05, 0) is 49.4 Å². The Kier molecular flexibility index (Phi) is 5.37. The summed E-state index contributed by atoms with van der Waals surface area (Å²) in [4.78, 5) is 28.6. The van der Waals surface area contributed by atoms with E-state index in [1.807, 2.05) is 55.5 Å². The van der Waals surface area contributed by atoms with Gasteiger partial charge in [0, 0.05) is 24.6 Å².